The predicted molar refractivity (Wildman–Crippen MR) is 94.0 cm³/mol. The van der Waals surface area contributed by atoms with Gasteiger partial charge in [0.2, 0.25) is 0 Å². The summed E-state index contributed by atoms with van der Waals surface area (Å²) in [6, 6.07) is 10.1. The van der Waals surface area contributed by atoms with Crippen molar-refractivity contribution in [3.63, 3.8) is 0 Å². The molecule has 0 spiro atoms. The van der Waals surface area contributed by atoms with Crippen LogP contribution in [0.4, 0.5) is 11.4 Å². The molecular weight excluding hydrogens is 338 g/mol. The zero-order valence-electron chi connectivity index (χ0n) is 12.1. The van der Waals surface area contributed by atoms with Crippen molar-refractivity contribution in [3.05, 3.63) is 46.8 Å². The van der Waals surface area contributed by atoms with Crippen molar-refractivity contribution in [3.8, 4) is 5.75 Å². The topological polar surface area (TPSA) is 93.3 Å². The highest BCUT2D eigenvalue weighted by Gasteiger charge is 2.10. The van der Waals surface area contributed by atoms with Crippen LogP contribution >= 0.6 is 24.6 Å². The number of nitrogens with two attached hydrogens (primary N) is 1. The van der Waals surface area contributed by atoms with Crippen LogP contribution in [0.1, 0.15) is 10.4 Å². The van der Waals surface area contributed by atoms with Crippen molar-refractivity contribution in [2.45, 2.75) is 0 Å². The first-order chi connectivity index (χ1) is 10.6. The summed E-state index contributed by atoms with van der Waals surface area (Å²) in [7, 11) is 1.52. The van der Waals surface area contributed by atoms with E-state index in [0.29, 0.717) is 28.3 Å². The molecule has 0 unspecified atom stereocenters. The standard InChI is InChI=1S/C15H13N3O3S.ClH/c1-20-12-7-9(3-4-10(12)16)17-14(19)8-2-5-11-13(6-8)21-15(22)18-11;/h2-7H,16H2,1H3,(H,17,19)(H,18,22);1H. The van der Waals surface area contributed by atoms with E-state index in [2.05, 4.69) is 10.3 Å². The Hall–Kier alpha value is -2.51. The minimum Gasteiger partial charge on any atom is -0.495 e. The first-order valence-corrected chi connectivity index (χ1v) is 6.85. The fraction of sp³-hybridized carbons (Fsp3) is 0.0667. The molecule has 0 atom stereocenters. The molecule has 1 aromatic heterocycles. The van der Waals surface area contributed by atoms with E-state index in [1.807, 2.05) is 0 Å². The van der Waals surface area contributed by atoms with Gasteiger partial charge >= 0.3 is 0 Å². The SMILES string of the molecule is COc1cc(NC(=O)c2ccc3[nH]c(=S)oc3c2)ccc1N.Cl. The quantitative estimate of drug-likeness (QED) is 0.493. The summed E-state index contributed by atoms with van der Waals surface area (Å²) in [4.78, 5) is 15.4. The van der Waals surface area contributed by atoms with Crippen molar-refractivity contribution in [2.24, 2.45) is 0 Å². The van der Waals surface area contributed by atoms with Crippen LogP contribution in [-0.2, 0) is 0 Å². The van der Waals surface area contributed by atoms with Gasteiger partial charge < -0.3 is 25.2 Å². The summed E-state index contributed by atoms with van der Waals surface area (Å²) in [5.74, 6) is 0.237. The molecule has 0 radical (unpaired) electrons. The molecule has 0 aliphatic carbocycles. The summed E-state index contributed by atoms with van der Waals surface area (Å²) in [5, 5.41) is 2.78. The summed E-state index contributed by atoms with van der Waals surface area (Å²) in [6.07, 6.45) is 0. The molecule has 120 valence electrons. The average Bonchev–Trinajstić information content (AvgIpc) is 2.88. The Labute approximate surface area is 143 Å². The lowest BCUT2D eigenvalue weighted by atomic mass is 10.2. The molecule has 0 aliphatic rings. The lowest BCUT2D eigenvalue weighted by Crippen LogP contribution is -2.11. The van der Waals surface area contributed by atoms with Gasteiger partial charge in [-0.15, -0.1) is 12.4 Å². The van der Waals surface area contributed by atoms with Crippen LogP contribution in [-0.4, -0.2) is 18.0 Å². The van der Waals surface area contributed by atoms with E-state index in [1.165, 1.54) is 7.11 Å². The molecule has 0 fully saturated rings. The van der Waals surface area contributed by atoms with E-state index in [1.54, 1.807) is 36.4 Å². The largest absolute Gasteiger partial charge is 0.495 e. The van der Waals surface area contributed by atoms with Crippen LogP contribution in [0, 0.1) is 4.84 Å². The number of nitrogen functional groups attached to an aromatic ring is 1. The zero-order valence-corrected chi connectivity index (χ0v) is 13.7. The van der Waals surface area contributed by atoms with Gasteiger partial charge in [-0.25, -0.2) is 0 Å². The number of H-pyrrole nitrogens is 1. The monoisotopic (exact) mass is 351 g/mol. The number of rotatable bonds is 3. The molecule has 0 bridgehead atoms. The number of oxazole rings is 1. The number of amides is 1. The minimum atomic E-state index is -0.268. The lowest BCUT2D eigenvalue weighted by Gasteiger charge is -2.09. The van der Waals surface area contributed by atoms with Crippen LogP contribution < -0.4 is 15.8 Å². The second-order valence-electron chi connectivity index (χ2n) is 4.64. The summed E-state index contributed by atoms with van der Waals surface area (Å²) < 4.78 is 10.4. The lowest BCUT2D eigenvalue weighted by molar-refractivity contribution is 0.102. The molecule has 1 heterocycles. The van der Waals surface area contributed by atoms with Gasteiger partial charge in [-0.2, -0.15) is 0 Å². The van der Waals surface area contributed by atoms with Crippen LogP contribution in [0.5, 0.6) is 5.75 Å². The van der Waals surface area contributed by atoms with Crippen molar-refractivity contribution >= 4 is 53.0 Å². The molecule has 3 rings (SSSR count). The minimum absolute atomic E-state index is 0. The first kappa shape index (κ1) is 16.9. The van der Waals surface area contributed by atoms with Crippen LogP contribution in [0.3, 0.4) is 0 Å². The fourth-order valence-electron chi connectivity index (χ4n) is 2.08. The molecule has 6 nitrogen and oxygen atoms in total. The Morgan fingerprint density at radius 1 is 1.30 bits per heavy atom. The number of fused-ring (bicyclic) bond motifs is 1. The number of anilines is 2. The summed E-state index contributed by atoms with van der Waals surface area (Å²) >= 11 is 4.92. The Balaban J connectivity index is 0.00000192. The number of hydrogen-bond donors (Lipinski definition) is 3. The molecule has 0 aliphatic heterocycles. The summed E-state index contributed by atoms with van der Waals surface area (Å²) in [5.41, 5.74) is 8.58. The predicted octanol–water partition coefficient (Wildman–Crippen LogP) is 3.76. The molecule has 0 saturated carbocycles. The Morgan fingerprint density at radius 3 is 2.83 bits per heavy atom. The average molecular weight is 352 g/mol. The number of carbonyl (C=O) groups excluding carboxylic acids is 1. The number of ether oxygens (including phenoxy) is 1. The number of carbonyl (C=O) groups is 1. The third-order valence-electron chi connectivity index (χ3n) is 3.17. The van der Waals surface area contributed by atoms with E-state index >= 15 is 0 Å². The highest BCUT2D eigenvalue weighted by molar-refractivity contribution is 7.71. The van der Waals surface area contributed by atoms with Crippen LogP contribution in [0.15, 0.2) is 40.8 Å². The molecule has 1 amide bonds. The highest BCUT2D eigenvalue weighted by Crippen LogP contribution is 2.25. The zero-order chi connectivity index (χ0) is 15.7. The highest BCUT2D eigenvalue weighted by atomic mass is 35.5. The third kappa shape index (κ3) is 3.46. The molecule has 3 aromatic rings. The molecule has 2 aromatic carbocycles. The maximum Gasteiger partial charge on any atom is 0.266 e. The van der Waals surface area contributed by atoms with E-state index in [9.17, 15) is 4.79 Å². The van der Waals surface area contributed by atoms with Crippen LogP contribution in [0.25, 0.3) is 11.1 Å². The van der Waals surface area contributed by atoms with Crippen molar-refractivity contribution in [1.29, 1.82) is 0 Å². The van der Waals surface area contributed by atoms with Crippen molar-refractivity contribution in [1.82, 2.24) is 4.98 Å². The Bertz CT molecular complexity index is 920. The van der Waals surface area contributed by atoms with Gasteiger partial charge in [0.25, 0.3) is 10.7 Å². The summed E-state index contributed by atoms with van der Waals surface area (Å²) in [6.45, 7) is 0. The molecular formula is C15H14ClN3O3S. The van der Waals surface area contributed by atoms with E-state index in [0.717, 1.165) is 5.52 Å². The molecule has 8 heteroatoms. The van der Waals surface area contributed by atoms with Crippen molar-refractivity contribution < 1.29 is 13.9 Å². The fourth-order valence-corrected chi connectivity index (χ4v) is 2.28. The van der Waals surface area contributed by atoms with Crippen molar-refractivity contribution in [2.75, 3.05) is 18.2 Å². The Kier molecular flexibility index (Phi) is 4.92. The van der Waals surface area contributed by atoms with E-state index < -0.39 is 0 Å². The number of halogens is 1. The second kappa shape index (κ2) is 6.72. The van der Waals surface area contributed by atoms with E-state index in [4.69, 9.17) is 27.1 Å². The van der Waals surface area contributed by atoms with Gasteiger partial charge in [0, 0.05) is 17.3 Å². The maximum atomic E-state index is 12.3. The number of hydrogen-bond acceptors (Lipinski definition) is 5. The van der Waals surface area contributed by atoms with Gasteiger partial charge in [0.05, 0.1) is 18.3 Å². The van der Waals surface area contributed by atoms with Gasteiger partial charge in [-0.05, 0) is 42.5 Å². The van der Waals surface area contributed by atoms with Gasteiger partial charge in [0.1, 0.15) is 5.75 Å². The number of aromatic amines is 1. The van der Waals surface area contributed by atoms with Gasteiger partial charge in [0.15, 0.2) is 5.58 Å². The number of aromatic nitrogens is 1. The van der Waals surface area contributed by atoms with Crippen LogP contribution in [0.2, 0.25) is 0 Å². The normalized spacial score (nSPS) is 10.1. The smallest absolute Gasteiger partial charge is 0.266 e. The maximum absolute atomic E-state index is 12.3. The molecule has 23 heavy (non-hydrogen) atoms. The molecule has 0 saturated heterocycles. The number of methoxy groups -OCH3 is 1. The third-order valence-corrected chi connectivity index (χ3v) is 3.36. The van der Waals surface area contributed by atoms with E-state index in [-0.39, 0.29) is 23.2 Å². The number of benzene rings is 2. The van der Waals surface area contributed by atoms with Gasteiger partial charge in [-0.1, -0.05) is 0 Å². The van der Waals surface area contributed by atoms with Gasteiger partial charge in [-0.3, -0.25) is 4.79 Å². The first-order valence-electron chi connectivity index (χ1n) is 6.44. The second-order valence-corrected chi connectivity index (χ2v) is 5.01. The Morgan fingerprint density at radius 2 is 2.09 bits per heavy atom. The number of nitrogens with one attached hydrogen (secondary N) is 2. The molecule has 4 N–H and O–H groups in total.